The van der Waals surface area contributed by atoms with E-state index in [-0.39, 0.29) is 17.9 Å². The Balaban J connectivity index is 1.60. The Morgan fingerprint density at radius 1 is 1.50 bits per heavy atom. The molecule has 3 atom stereocenters. The van der Waals surface area contributed by atoms with E-state index in [1.165, 1.54) is 21.9 Å². The van der Waals surface area contributed by atoms with Crippen LogP contribution in [0.15, 0.2) is 15.4 Å². The van der Waals surface area contributed by atoms with Crippen molar-refractivity contribution in [3.8, 4) is 0 Å². The second kappa shape index (κ2) is 6.10. The zero-order valence-electron chi connectivity index (χ0n) is 14.4. The predicted octanol–water partition coefficient (Wildman–Crippen LogP) is 0.556. The number of carbonyl (C=O) groups is 1. The van der Waals surface area contributed by atoms with Crippen LogP contribution in [0.5, 0.6) is 0 Å². The van der Waals surface area contributed by atoms with Crippen LogP contribution in [0.25, 0.3) is 0 Å². The monoisotopic (exact) mass is 397 g/mol. The molecule has 0 aromatic carbocycles. The lowest BCUT2D eigenvalue weighted by molar-refractivity contribution is 0.0930. The SMILES string of the molecule is Cc1noc([C@]23C[C@H](NC(=O)c4cscn4)CC2CN(S(C)(=O)=O)C3)n1. The third-order valence-electron chi connectivity index (χ3n) is 5.27. The van der Waals surface area contributed by atoms with Crippen LogP contribution in [0.1, 0.15) is 35.0 Å². The van der Waals surface area contributed by atoms with Gasteiger partial charge in [0.2, 0.25) is 15.9 Å². The molecule has 2 aliphatic rings. The topological polar surface area (TPSA) is 118 Å². The van der Waals surface area contributed by atoms with Crippen molar-refractivity contribution in [2.45, 2.75) is 31.2 Å². The molecule has 26 heavy (non-hydrogen) atoms. The van der Waals surface area contributed by atoms with Crippen molar-refractivity contribution in [2.75, 3.05) is 19.3 Å². The average molecular weight is 397 g/mol. The van der Waals surface area contributed by atoms with Crippen molar-refractivity contribution in [1.82, 2.24) is 24.7 Å². The van der Waals surface area contributed by atoms with Gasteiger partial charge in [-0.3, -0.25) is 4.79 Å². The Labute approximate surface area is 154 Å². The van der Waals surface area contributed by atoms with E-state index in [1.807, 2.05) is 0 Å². The average Bonchev–Trinajstić information content (AvgIpc) is 3.28. The maximum atomic E-state index is 12.3. The second-order valence-electron chi connectivity index (χ2n) is 7.04. The molecule has 1 amide bonds. The van der Waals surface area contributed by atoms with Crippen molar-refractivity contribution in [3.05, 3.63) is 28.3 Å². The number of rotatable bonds is 4. The van der Waals surface area contributed by atoms with Crippen molar-refractivity contribution in [1.29, 1.82) is 0 Å². The molecule has 2 fully saturated rings. The van der Waals surface area contributed by atoms with E-state index < -0.39 is 15.4 Å². The van der Waals surface area contributed by atoms with E-state index in [1.54, 1.807) is 17.8 Å². The minimum atomic E-state index is -3.31. The Morgan fingerprint density at radius 3 is 2.92 bits per heavy atom. The molecule has 9 nitrogen and oxygen atoms in total. The number of hydrogen-bond donors (Lipinski definition) is 1. The molecule has 2 aromatic rings. The molecule has 1 unspecified atom stereocenters. The maximum Gasteiger partial charge on any atom is 0.270 e. The number of nitrogens with one attached hydrogen (secondary N) is 1. The highest BCUT2D eigenvalue weighted by molar-refractivity contribution is 7.88. The summed E-state index contributed by atoms with van der Waals surface area (Å²) in [6, 6.07) is -0.0943. The van der Waals surface area contributed by atoms with E-state index in [0.717, 1.165) is 0 Å². The number of amides is 1. The van der Waals surface area contributed by atoms with Crippen molar-refractivity contribution < 1.29 is 17.7 Å². The van der Waals surface area contributed by atoms with Gasteiger partial charge in [-0.25, -0.2) is 17.7 Å². The predicted molar refractivity (Wildman–Crippen MR) is 93.2 cm³/mol. The van der Waals surface area contributed by atoms with Gasteiger partial charge in [0.25, 0.3) is 5.91 Å². The molecular formula is C15H19N5O4S2. The fourth-order valence-electron chi connectivity index (χ4n) is 4.10. The first kappa shape index (κ1) is 17.6. The Bertz CT molecular complexity index is 926. The highest BCUT2D eigenvalue weighted by Gasteiger charge is 2.59. The van der Waals surface area contributed by atoms with E-state index >= 15 is 0 Å². The first-order valence-corrected chi connectivity index (χ1v) is 11.0. The number of hydrogen-bond acceptors (Lipinski definition) is 8. The van der Waals surface area contributed by atoms with Crippen molar-refractivity contribution in [2.24, 2.45) is 5.92 Å². The van der Waals surface area contributed by atoms with Crippen LogP contribution in [-0.2, 0) is 15.4 Å². The standard InChI is InChI=1S/C15H19N5O4S2/c1-9-17-14(24-19-9)15-4-11(18-13(21)12-6-25-8-16-12)3-10(15)5-20(7-15)26(2,22)23/h6,8,10-11H,3-5,7H2,1-2H3,(H,18,21)/t10?,11-,15+/m1/s1. The van der Waals surface area contributed by atoms with Gasteiger partial charge in [0.1, 0.15) is 5.69 Å². The number of thiazole rings is 1. The van der Waals surface area contributed by atoms with Crippen LogP contribution in [-0.4, -0.2) is 59.1 Å². The second-order valence-corrected chi connectivity index (χ2v) is 9.74. The summed E-state index contributed by atoms with van der Waals surface area (Å²) >= 11 is 1.37. The zero-order chi connectivity index (χ0) is 18.5. The van der Waals surface area contributed by atoms with Crippen LogP contribution in [0, 0.1) is 12.8 Å². The summed E-state index contributed by atoms with van der Waals surface area (Å²) in [4.78, 5) is 20.7. The fourth-order valence-corrected chi connectivity index (χ4v) is 5.55. The zero-order valence-corrected chi connectivity index (χ0v) is 16.0. The maximum absolute atomic E-state index is 12.3. The van der Waals surface area contributed by atoms with E-state index in [0.29, 0.717) is 43.3 Å². The number of sulfonamides is 1. The highest BCUT2D eigenvalue weighted by Crippen LogP contribution is 2.50. The molecule has 11 heteroatoms. The molecule has 1 aliphatic heterocycles. The van der Waals surface area contributed by atoms with Gasteiger partial charge >= 0.3 is 0 Å². The van der Waals surface area contributed by atoms with Crippen LogP contribution < -0.4 is 5.32 Å². The van der Waals surface area contributed by atoms with Gasteiger partial charge in [-0.05, 0) is 25.7 Å². The summed E-state index contributed by atoms with van der Waals surface area (Å²) in [6.07, 6.45) is 2.42. The largest absolute Gasteiger partial charge is 0.348 e. The number of aryl methyl sites for hydroxylation is 1. The number of nitrogens with zero attached hydrogens (tertiary/aromatic N) is 4. The molecule has 1 N–H and O–H groups in total. The molecule has 0 spiro atoms. The highest BCUT2D eigenvalue weighted by atomic mass is 32.2. The normalized spacial score (nSPS) is 29.0. The molecule has 1 aliphatic carbocycles. The molecule has 1 saturated heterocycles. The first-order chi connectivity index (χ1) is 12.3. The lowest BCUT2D eigenvalue weighted by atomic mass is 9.80. The minimum Gasteiger partial charge on any atom is -0.348 e. The van der Waals surface area contributed by atoms with Gasteiger partial charge in [0.05, 0.1) is 17.2 Å². The number of aromatic nitrogens is 3. The van der Waals surface area contributed by atoms with Gasteiger partial charge < -0.3 is 9.84 Å². The third-order valence-corrected chi connectivity index (χ3v) is 7.07. The van der Waals surface area contributed by atoms with Crippen molar-refractivity contribution in [3.63, 3.8) is 0 Å². The van der Waals surface area contributed by atoms with Crippen LogP contribution >= 0.6 is 11.3 Å². The van der Waals surface area contributed by atoms with Gasteiger partial charge in [-0.15, -0.1) is 11.3 Å². The molecule has 3 heterocycles. The third kappa shape index (κ3) is 2.93. The number of carbonyl (C=O) groups excluding carboxylic acids is 1. The minimum absolute atomic E-state index is 0.0119. The Morgan fingerprint density at radius 2 is 2.31 bits per heavy atom. The summed E-state index contributed by atoms with van der Waals surface area (Å²) < 4.78 is 31.0. The lowest BCUT2D eigenvalue weighted by Crippen LogP contribution is -2.39. The van der Waals surface area contributed by atoms with Gasteiger partial charge in [-0.2, -0.15) is 4.98 Å². The number of fused-ring (bicyclic) bond motifs is 1. The van der Waals surface area contributed by atoms with Crippen LogP contribution in [0.4, 0.5) is 0 Å². The smallest absolute Gasteiger partial charge is 0.270 e. The van der Waals surface area contributed by atoms with Crippen LogP contribution in [0.3, 0.4) is 0 Å². The summed E-state index contributed by atoms with van der Waals surface area (Å²) in [6.45, 7) is 2.42. The van der Waals surface area contributed by atoms with Crippen LogP contribution in [0.2, 0.25) is 0 Å². The quantitative estimate of drug-likeness (QED) is 0.800. The van der Waals surface area contributed by atoms with Gasteiger partial charge in [-0.1, -0.05) is 5.16 Å². The molecule has 0 bridgehead atoms. The Hall–Kier alpha value is -1.85. The van der Waals surface area contributed by atoms with E-state index in [4.69, 9.17) is 4.52 Å². The van der Waals surface area contributed by atoms with E-state index in [2.05, 4.69) is 20.4 Å². The van der Waals surface area contributed by atoms with Crippen molar-refractivity contribution >= 4 is 27.3 Å². The molecule has 2 aromatic heterocycles. The summed E-state index contributed by atoms with van der Waals surface area (Å²) in [5.41, 5.74) is 1.45. The lowest BCUT2D eigenvalue weighted by Gasteiger charge is -2.24. The fraction of sp³-hybridized carbons (Fsp3) is 0.600. The van der Waals surface area contributed by atoms with E-state index in [9.17, 15) is 13.2 Å². The molecule has 0 radical (unpaired) electrons. The summed E-state index contributed by atoms with van der Waals surface area (Å²) in [5, 5.41) is 8.59. The molecule has 4 rings (SSSR count). The molecule has 1 saturated carbocycles. The Kier molecular flexibility index (Phi) is 4.12. The molecule has 140 valence electrons. The summed E-state index contributed by atoms with van der Waals surface area (Å²) in [5.74, 6) is 0.767. The summed E-state index contributed by atoms with van der Waals surface area (Å²) in [7, 11) is -3.31. The molecular weight excluding hydrogens is 378 g/mol. The van der Waals surface area contributed by atoms with Gasteiger partial charge in [0, 0.05) is 24.5 Å². The van der Waals surface area contributed by atoms with Gasteiger partial charge in [0.15, 0.2) is 5.82 Å². The first-order valence-electron chi connectivity index (χ1n) is 8.23.